The zero-order chi connectivity index (χ0) is 26.8. The molecule has 1 aromatic heterocycles. The van der Waals surface area contributed by atoms with Gasteiger partial charge >= 0.3 is 5.97 Å². The van der Waals surface area contributed by atoms with Crippen molar-refractivity contribution < 1.29 is 19.1 Å². The smallest absolute Gasteiger partial charge is 0.350 e. The monoisotopic (exact) mass is 512 g/mol. The Bertz CT molecular complexity index is 1110. The van der Waals surface area contributed by atoms with Crippen molar-refractivity contribution in [3.05, 3.63) is 27.0 Å². The van der Waals surface area contributed by atoms with Crippen LogP contribution in [-0.2, 0) is 14.3 Å². The zero-order valence-corrected chi connectivity index (χ0v) is 23.8. The van der Waals surface area contributed by atoms with Crippen LogP contribution in [0.3, 0.4) is 0 Å². The summed E-state index contributed by atoms with van der Waals surface area (Å²) in [5, 5.41) is 0. The lowest BCUT2D eigenvalue weighted by Gasteiger charge is -2.36. The van der Waals surface area contributed by atoms with Crippen LogP contribution in [0.15, 0.2) is 17.2 Å². The van der Waals surface area contributed by atoms with Crippen LogP contribution in [-0.4, -0.2) is 49.4 Å². The van der Waals surface area contributed by atoms with Crippen LogP contribution in [0.1, 0.15) is 88.2 Å². The molecule has 0 N–H and O–H groups in total. The van der Waals surface area contributed by atoms with Crippen LogP contribution in [0.2, 0.25) is 0 Å². The molecule has 3 unspecified atom stereocenters. The normalized spacial score (nSPS) is 22.4. The molecule has 196 valence electrons. The Labute approximate surface area is 220 Å². The first kappa shape index (κ1) is 28.0. The van der Waals surface area contributed by atoms with E-state index in [0.29, 0.717) is 34.8 Å². The van der Waals surface area contributed by atoms with E-state index in [0.717, 1.165) is 19.3 Å². The van der Waals surface area contributed by atoms with Crippen molar-refractivity contribution in [3.8, 4) is 11.8 Å². The van der Waals surface area contributed by atoms with Gasteiger partial charge in [0.15, 0.2) is 0 Å². The largest absolute Gasteiger partial charge is 0.465 e. The third-order valence-corrected chi connectivity index (χ3v) is 8.13. The molecule has 2 heterocycles. The maximum absolute atomic E-state index is 14.3. The van der Waals surface area contributed by atoms with Crippen LogP contribution in [0.25, 0.3) is 0 Å². The quantitative estimate of drug-likeness (QED) is 0.280. The lowest BCUT2D eigenvalue weighted by Crippen LogP contribution is -2.49. The minimum atomic E-state index is -0.641. The van der Waals surface area contributed by atoms with E-state index >= 15 is 0 Å². The molecule has 3 rings (SSSR count). The number of amides is 2. The molecular weight excluding hydrogens is 472 g/mol. The standard InChI is InChI=1S/C29H40N2O4S/c1-9-10-20-16-22(19(3)15-18(20)2)26(32)31(23-12-14-30(7)27(23)33)24-17-21(11-13-29(4,5)6)36-25(24)28(34)35-8/h17,19,22-23H,9-10,12,14-16H2,1-8H3. The first-order valence-corrected chi connectivity index (χ1v) is 13.7. The van der Waals surface area contributed by atoms with Crippen LogP contribution < -0.4 is 4.90 Å². The SMILES string of the molecule is CCCC1=C(C)CC(C)C(C(=O)N(c2cc(C#CC(C)(C)C)sc2C(=O)OC)C2CCN(C)C2=O)C1. The number of nitrogens with zero attached hydrogens (tertiary/aromatic N) is 2. The first-order chi connectivity index (χ1) is 16.9. The van der Waals surface area contributed by atoms with Crippen LogP contribution in [0, 0.1) is 29.1 Å². The second kappa shape index (κ2) is 11.2. The van der Waals surface area contributed by atoms with Gasteiger partial charge in [-0.2, -0.15) is 0 Å². The van der Waals surface area contributed by atoms with Gasteiger partial charge in [0.1, 0.15) is 10.9 Å². The number of hydrogen-bond donors (Lipinski definition) is 0. The lowest BCUT2D eigenvalue weighted by molar-refractivity contribution is -0.131. The maximum atomic E-state index is 14.3. The van der Waals surface area contributed by atoms with Crippen molar-refractivity contribution in [2.24, 2.45) is 17.3 Å². The molecule has 1 fully saturated rings. The van der Waals surface area contributed by atoms with E-state index in [-0.39, 0.29) is 29.1 Å². The van der Waals surface area contributed by atoms with Gasteiger partial charge in [-0.1, -0.05) is 43.3 Å². The van der Waals surface area contributed by atoms with Crippen molar-refractivity contribution in [2.45, 2.75) is 79.7 Å². The number of methoxy groups -OCH3 is 1. The molecule has 0 radical (unpaired) electrons. The minimum absolute atomic E-state index is 0.0875. The topological polar surface area (TPSA) is 66.9 Å². The van der Waals surface area contributed by atoms with Crippen LogP contribution in [0.4, 0.5) is 5.69 Å². The van der Waals surface area contributed by atoms with Gasteiger partial charge in [0.2, 0.25) is 11.8 Å². The van der Waals surface area contributed by atoms with Crippen molar-refractivity contribution in [2.75, 3.05) is 25.6 Å². The Balaban J connectivity index is 2.13. The van der Waals surface area contributed by atoms with Gasteiger partial charge in [-0.05, 0) is 65.4 Å². The number of allylic oxidation sites excluding steroid dienone is 2. The number of carbonyl (C=O) groups excluding carboxylic acids is 3. The first-order valence-electron chi connectivity index (χ1n) is 12.9. The maximum Gasteiger partial charge on any atom is 0.350 e. The summed E-state index contributed by atoms with van der Waals surface area (Å²) >= 11 is 1.22. The fourth-order valence-corrected chi connectivity index (χ4v) is 6.05. The summed E-state index contributed by atoms with van der Waals surface area (Å²) in [4.78, 5) is 44.7. The Hall–Kier alpha value is -2.59. The van der Waals surface area contributed by atoms with Crippen molar-refractivity contribution in [3.63, 3.8) is 0 Å². The molecule has 1 saturated heterocycles. The molecule has 0 saturated carbocycles. The number of anilines is 1. The average Bonchev–Trinajstić information content (AvgIpc) is 3.37. The summed E-state index contributed by atoms with van der Waals surface area (Å²) in [5.41, 5.74) is 2.95. The van der Waals surface area contributed by atoms with E-state index in [2.05, 4.69) is 32.6 Å². The van der Waals surface area contributed by atoms with E-state index in [1.165, 1.54) is 29.6 Å². The van der Waals surface area contributed by atoms with Crippen molar-refractivity contribution in [1.29, 1.82) is 0 Å². The van der Waals surface area contributed by atoms with Crippen LogP contribution >= 0.6 is 11.3 Å². The Kier molecular flexibility index (Phi) is 8.71. The summed E-state index contributed by atoms with van der Waals surface area (Å²) < 4.78 is 5.09. The van der Waals surface area contributed by atoms with E-state index < -0.39 is 12.0 Å². The predicted molar refractivity (Wildman–Crippen MR) is 145 cm³/mol. The van der Waals surface area contributed by atoms with E-state index in [1.807, 2.05) is 20.8 Å². The highest BCUT2D eigenvalue weighted by Gasteiger charge is 2.43. The summed E-state index contributed by atoms with van der Waals surface area (Å²) in [7, 11) is 3.09. The number of rotatable bonds is 6. The predicted octanol–water partition coefficient (Wildman–Crippen LogP) is 5.66. The highest BCUT2D eigenvalue weighted by molar-refractivity contribution is 7.15. The molecule has 0 aromatic carbocycles. The summed E-state index contributed by atoms with van der Waals surface area (Å²) in [6, 6.07) is 1.15. The molecule has 1 aliphatic heterocycles. The zero-order valence-electron chi connectivity index (χ0n) is 23.0. The molecule has 1 aromatic rings. The number of likely N-dealkylation sites (tertiary alicyclic amines) is 1. The number of esters is 1. The Morgan fingerprint density at radius 3 is 2.53 bits per heavy atom. The molecule has 2 amide bonds. The molecule has 7 heteroatoms. The molecule has 6 nitrogen and oxygen atoms in total. The molecule has 36 heavy (non-hydrogen) atoms. The van der Waals surface area contributed by atoms with Gasteiger partial charge in [-0.15, -0.1) is 11.3 Å². The van der Waals surface area contributed by atoms with Gasteiger partial charge in [0, 0.05) is 24.9 Å². The Morgan fingerprint density at radius 1 is 1.28 bits per heavy atom. The van der Waals surface area contributed by atoms with Gasteiger partial charge in [-0.25, -0.2) is 4.79 Å². The summed E-state index contributed by atoms with van der Waals surface area (Å²) in [6.45, 7) is 13.1. The average molecular weight is 513 g/mol. The number of carbonyl (C=O) groups is 3. The molecule has 0 spiro atoms. The number of thiophene rings is 1. The number of likely N-dealkylation sites (N-methyl/N-ethyl adjacent to an activating group) is 1. The minimum Gasteiger partial charge on any atom is -0.465 e. The fraction of sp³-hybridized carbons (Fsp3) is 0.621. The molecular formula is C29H40N2O4S. The second-order valence-corrected chi connectivity index (χ2v) is 12.3. The Morgan fingerprint density at radius 2 is 1.97 bits per heavy atom. The van der Waals surface area contributed by atoms with Crippen molar-refractivity contribution in [1.82, 2.24) is 4.90 Å². The number of hydrogen-bond acceptors (Lipinski definition) is 5. The molecule has 2 aliphatic rings. The molecule has 1 aliphatic carbocycles. The summed E-state index contributed by atoms with van der Waals surface area (Å²) in [5.74, 6) is 5.57. The highest BCUT2D eigenvalue weighted by atomic mass is 32.1. The van der Waals surface area contributed by atoms with E-state index in [1.54, 1.807) is 22.9 Å². The third-order valence-electron chi connectivity index (χ3n) is 7.11. The molecule has 0 bridgehead atoms. The van der Waals surface area contributed by atoms with E-state index in [9.17, 15) is 14.4 Å². The third kappa shape index (κ3) is 6.03. The van der Waals surface area contributed by atoms with Crippen molar-refractivity contribution >= 4 is 34.8 Å². The molecule has 3 atom stereocenters. The van der Waals surface area contributed by atoms with Crippen LogP contribution in [0.5, 0.6) is 0 Å². The van der Waals surface area contributed by atoms with E-state index in [4.69, 9.17) is 4.74 Å². The second-order valence-electron chi connectivity index (χ2n) is 11.2. The highest BCUT2D eigenvalue weighted by Crippen LogP contribution is 2.41. The van der Waals surface area contributed by atoms with Gasteiger partial charge < -0.3 is 9.64 Å². The lowest BCUT2D eigenvalue weighted by atomic mass is 9.75. The van der Waals surface area contributed by atoms with Gasteiger partial charge in [-0.3, -0.25) is 14.5 Å². The van der Waals surface area contributed by atoms with Gasteiger partial charge in [0.05, 0.1) is 17.7 Å². The summed E-state index contributed by atoms with van der Waals surface area (Å²) in [6.07, 6.45) is 4.10. The van der Waals surface area contributed by atoms with Gasteiger partial charge in [0.25, 0.3) is 0 Å². The number of ether oxygens (including phenoxy) is 1. The fourth-order valence-electron chi connectivity index (χ4n) is 5.13.